The van der Waals surface area contributed by atoms with Gasteiger partial charge in [-0.2, -0.15) is 0 Å². The second-order valence-corrected chi connectivity index (χ2v) is 7.07. The molecule has 11 heteroatoms. The molecule has 2 aliphatic heterocycles. The summed E-state index contributed by atoms with van der Waals surface area (Å²) in [4.78, 5) is 46.8. The predicted octanol–water partition coefficient (Wildman–Crippen LogP) is 1.11. The lowest BCUT2D eigenvalue weighted by atomic mass is 9.99. The van der Waals surface area contributed by atoms with E-state index < -0.39 is 40.4 Å². The van der Waals surface area contributed by atoms with Crippen molar-refractivity contribution in [3.63, 3.8) is 0 Å². The van der Waals surface area contributed by atoms with Gasteiger partial charge in [-0.15, -0.1) is 11.8 Å². The molecule has 0 radical (unpaired) electrons. The Morgan fingerprint density at radius 3 is 2.67 bits per heavy atom. The smallest absolute Gasteiger partial charge is 0.408 e. The number of nitrogens with one attached hydrogen (secondary N) is 1. The number of non-ortho nitro benzene ring substituents is 1. The van der Waals surface area contributed by atoms with Crippen molar-refractivity contribution >= 4 is 35.4 Å². The number of benzene rings is 1. The summed E-state index contributed by atoms with van der Waals surface area (Å²) < 4.78 is 5.02. The first-order chi connectivity index (χ1) is 12.8. The number of aliphatic carboxylic acids is 1. The number of carbonyl (C=O) groups excluding carboxylic acids is 2. The fraction of sp³-hybridized carbons (Fsp3) is 0.312. The molecule has 0 spiro atoms. The molecule has 10 nitrogen and oxygen atoms in total. The maximum atomic E-state index is 12.2. The van der Waals surface area contributed by atoms with Crippen molar-refractivity contribution < 1.29 is 29.2 Å². The van der Waals surface area contributed by atoms with Crippen molar-refractivity contribution in [2.75, 3.05) is 5.75 Å². The molecular weight excluding hydrogens is 378 g/mol. The molecule has 2 fully saturated rings. The van der Waals surface area contributed by atoms with Crippen LogP contribution in [0.25, 0.3) is 0 Å². The van der Waals surface area contributed by atoms with Gasteiger partial charge in [-0.1, -0.05) is 6.58 Å². The molecule has 1 aromatic carbocycles. The van der Waals surface area contributed by atoms with Crippen LogP contribution in [-0.2, 0) is 20.9 Å². The summed E-state index contributed by atoms with van der Waals surface area (Å²) >= 11 is 1.32. The second kappa shape index (κ2) is 7.27. The number of ether oxygens (including phenoxy) is 1. The topological polar surface area (TPSA) is 139 Å². The van der Waals surface area contributed by atoms with Gasteiger partial charge in [0.2, 0.25) is 5.91 Å². The number of hydrogen-bond donors (Lipinski definition) is 2. The monoisotopic (exact) mass is 393 g/mol. The van der Waals surface area contributed by atoms with E-state index in [1.807, 2.05) is 0 Å². The predicted molar refractivity (Wildman–Crippen MR) is 93.9 cm³/mol. The van der Waals surface area contributed by atoms with Crippen molar-refractivity contribution in [1.82, 2.24) is 10.2 Å². The number of rotatable bonds is 5. The molecule has 0 saturated carbocycles. The van der Waals surface area contributed by atoms with Gasteiger partial charge >= 0.3 is 12.1 Å². The Hall–Kier alpha value is -3.08. The first-order valence-corrected chi connectivity index (χ1v) is 8.85. The summed E-state index contributed by atoms with van der Waals surface area (Å²) in [5.41, 5.74) is 0.898. The van der Waals surface area contributed by atoms with E-state index in [-0.39, 0.29) is 12.3 Å². The SMILES string of the molecule is C=C1CS[C@H]2C(NC(=O)OCc3ccc([N+](=O)[O-])cc3)C(=O)N2C1C(=O)O. The van der Waals surface area contributed by atoms with Gasteiger partial charge in [-0.05, 0) is 23.3 Å². The van der Waals surface area contributed by atoms with Crippen molar-refractivity contribution in [1.29, 1.82) is 0 Å². The third-order valence-electron chi connectivity index (χ3n) is 4.21. The van der Waals surface area contributed by atoms with E-state index in [4.69, 9.17) is 4.74 Å². The van der Waals surface area contributed by atoms with Gasteiger partial charge in [0, 0.05) is 17.9 Å². The van der Waals surface area contributed by atoms with E-state index >= 15 is 0 Å². The quantitative estimate of drug-likeness (QED) is 0.328. The van der Waals surface area contributed by atoms with Gasteiger partial charge in [-0.25, -0.2) is 9.59 Å². The number of alkyl carbamates (subject to hydrolysis) is 1. The number of carbonyl (C=O) groups is 3. The number of carboxylic acids is 1. The molecule has 3 rings (SSSR count). The Bertz CT molecular complexity index is 826. The third-order valence-corrected chi connectivity index (χ3v) is 5.59. The molecule has 1 aromatic rings. The Labute approximate surface area is 157 Å². The van der Waals surface area contributed by atoms with Crippen LogP contribution in [0.3, 0.4) is 0 Å². The molecule has 2 heterocycles. The first-order valence-electron chi connectivity index (χ1n) is 7.80. The fourth-order valence-electron chi connectivity index (χ4n) is 2.86. The lowest BCUT2D eigenvalue weighted by Gasteiger charge is -2.52. The molecule has 27 heavy (non-hydrogen) atoms. The van der Waals surface area contributed by atoms with E-state index in [0.29, 0.717) is 16.9 Å². The van der Waals surface area contributed by atoms with Crippen LogP contribution in [0.5, 0.6) is 0 Å². The zero-order valence-electron chi connectivity index (χ0n) is 13.9. The van der Waals surface area contributed by atoms with Crippen LogP contribution in [0.4, 0.5) is 10.5 Å². The minimum atomic E-state index is -1.15. The minimum Gasteiger partial charge on any atom is -0.479 e. The normalized spacial score (nSPS) is 23.9. The zero-order chi connectivity index (χ0) is 19.7. The fourth-order valence-corrected chi connectivity index (χ4v) is 4.17. The standard InChI is InChI=1S/C16H15N3O7S/c1-8-7-27-14-11(13(20)18(14)12(8)15(21)22)17-16(23)26-6-9-2-4-10(5-3-9)19(24)25/h2-5,11-12,14H,1,6-7H2,(H,17,23)(H,21,22)/t11?,12?,14-/m0/s1. The number of amides is 2. The molecule has 0 aliphatic carbocycles. The average molecular weight is 393 g/mol. The van der Waals surface area contributed by atoms with Crippen molar-refractivity contribution in [2.45, 2.75) is 24.1 Å². The Morgan fingerprint density at radius 1 is 1.41 bits per heavy atom. The van der Waals surface area contributed by atoms with Gasteiger partial charge in [0.05, 0.1) is 4.92 Å². The van der Waals surface area contributed by atoms with Crippen LogP contribution in [-0.4, -0.2) is 56.1 Å². The molecule has 0 bridgehead atoms. The van der Waals surface area contributed by atoms with Crippen LogP contribution in [0.2, 0.25) is 0 Å². The molecule has 0 aromatic heterocycles. The highest BCUT2D eigenvalue weighted by molar-refractivity contribution is 8.00. The van der Waals surface area contributed by atoms with Crippen LogP contribution in [0, 0.1) is 10.1 Å². The van der Waals surface area contributed by atoms with Crippen LogP contribution < -0.4 is 5.32 Å². The van der Waals surface area contributed by atoms with E-state index in [2.05, 4.69) is 11.9 Å². The molecular formula is C16H15N3O7S. The van der Waals surface area contributed by atoms with E-state index in [1.54, 1.807) is 0 Å². The van der Waals surface area contributed by atoms with Gasteiger partial charge in [0.15, 0.2) is 6.04 Å². The highest BCUT2D eigenvalue weighted by Crippen LogP contribution is 2.39. The molecule has 2 saturated heterocycles. The number of β-lactam (4-membered cyclic amide) rings is 1. The summed E-state index contributed by atoms with van der Waals surface area (Å²) in [6.45, 7) is 3.56. The summed E-state index contributed by atoms with van der Waals surface area (Å²) in [6.07, 6.45) is -0.830. The number of fused-ring (bicyclic) bond motifs is 1. The summed E-state index contributed by atoms with van der Waals surface area (Å²) in [5.74, 6) is -1.28. The van der Waals surface area contributed by atoms with E-state index in [0.717, 1.165) is 0 Å². The lowest BCUT2D eigenvalue weighted by molar-refractivity contribution is -0.384. The lowest BCUT2D eigenvalue weighted by Crippen LogP contribution is -2.74. The Balaban J connectivity index is 1.54. The van der Waals surface area contributed by atoms with Crippen LogP contribution in [0.15, 0.2) is 36.4 Å². The minimum absolute atomic E-state index is 0.0766. The van der Waals surface area contributed by atoms with Crippen molar-refractivity contribution in [2.24, 2.45) is 0 Å². The van der Waals surface area contributed by atoms with Crippen LogP contribution in [0.1, 0.15) is 5.56 Å². The Morgan fingerprint density at radius 2 is 2.07 bits per heavy atom. The molecule has 2 N–H and O–H groups in total. The second-order valence-electron chi connectivity index (χ2n) is 5.97. The molecule has 3 atom stereocenters. The van der Waals surface area contributed by atoms with Gasteiger partial charge in [0.25, 0.3) is 5.69 Å². The summed E-state index contributed by atoms with van der Waals surface area (Å²) in [7, 11) is 0. The third kappa shape index (κ3) is 3.58. The number of carboxylic acid groups (broad SMARTS) is 1. The summed E-state index contributed by atoms with van der Waals surface area (Å²) in [5, 5.41) is 21.8. The number of nitrogens with zero attached hydrogens (tertiary/aromatic N) is 2. The van der Waals surface area contributed by atoms with Gasteiger partial charge < -0.3 is 20.1 Å². The average Bonchev–Trinajstić information content (AvgIpc) is 2.64. The largest absolute Gasteiger partial charge is 0.479 e. The highest BCUT2D eigenvalue weighted by atomic mass is 32.2. The van der Waals surface area contributed by atoms with Gasteiger partial charge in [-0.3, -0.25) is 14.9 Å². The molecule has 142 valence electrons. The zero-order valence-corrected chi connectivity index (χ0v) is 14.7. The van der Waals surface area contributed by atoms with Crippen molar-refractivity contribution in [3.8, 4) is 0 Å². The number of thioether (sulfide) groups is 1. The molecule has 2 unspecified atom stereocenters. The van der Waals surface area contributed by atoms with Crippen LogP contribution >= 0.6 is 11.8 Å². The maximum absolute atomic E-state index is 12.2. The van der Waals surface area contributed by atoms with Gasteiger partial charge in [0.1, 0.15) is 18.0 Å². The Kier molecular flexibility index (Phi) is 5.04. The maximum Gasteiger partial charge on any atom is 0.408 e. The van der Waals surface area contributed by atoms with Crippen molar-refractivity contribution in [3.05, 3.63) is 52.1 Å². The summed E-state index contributed by atoms with van der Waals surface area (Å²) in [6, 6.07) is 3.55. The number of nitro benzene ring substituents is 1. The van der Waals surface area contributed by atoms with E-state index in [9.17, 15) is 29.6 Å². The number of hydrogen-bond acceptors (Lipinski definition) is 7. The van der Waals surface area contributed by atoms with E-state index in [1.165, 1.54) is 40.9 Å². The molecule has 2 amide bonds. The molecule has 2 aliphatic rings. The number of nitro groups is 1. The first kappa shape index (κ1) is 18.7. The highest BCUT2D eigenvalue weighted by Gasteiger charge is 2.56.